The molecular weight excluding hydrogens is 324 g/mol. The van der Waals surface area contributed by atoms with Gasteiger partial charge in [0, 0.05) is 4.88 Å². The fraction of sp³-hybridized carbons (Fsp3) is 0.667. The molecular formula is C18H26N2O3S. The summed E-state index contributed by atoms with van der Waals surface area (Å²) < 4.78 is 5.24. The van der Waals surface area contributed by atoms with Crippen LogP contribution in [0.2, 0.25) is 0 Å². The van der Waals surface area contributed by atoms with Gasteiger partial charge in [0.05, 0.1) is 18.7 Å². The summed E-state index contributed by atoms with van der Waals surface area (Å²) >= 11 is 1.55. The van der Waals surface area contributed by atoms with Crippen LogP contribution >= 0.6 is 11.3 Å². The number of esters is 1. The molecule has 0 unspecified atom stereocenters. The second-order valence-electron chi connectivity index (χ2n) is 6.81. The van der Waals surface area contributed by atoms with Crippen LogP contribution in [0.5, 0.6) is 0 Å². The second-order valence-corrected chi connectivity index (χ2v) is 7.91. The van der Waals surface area contributed by atoms with Crippen molar-refractivity contribution in [1.29, 1.82) is 0 Å². The number of amides is 1. The van der Waals surface area contributed by atoms with Crippen molar-refractivity contribution in [3.63, 3.8) is 0 Å². The summed E-state index contributed by atoms with van der Waals surface area (Å²) in [7, 11) is 0. The summed E-state index contributed by atoms with van der Waals surface area (Å²) in [6, 6.07) is 0. The van der Waals surface area contributed by atoms with E-state index in [4.69, 9.17) is 4.74 Å². The van der Waals surface area contributed by atoms with Crippen LogP contribution in [-0.2, 0) is 22.4 Å². The highest BCUT2D eigenvalue weighted by atomic mass is 32.1. The Kier molecular flexibility index (Phi) is 5.56. The Morgan fingerprint density at radius 3 is 2.79 bits per heavy atom. The van der Waals surface area contributed by atoms with Crippen LogP contribution in [0.4, 0.5) is 5.00 Å². The molecule has 1 atom stereocenters. The predicted octanol–water partition coefficient (Wildman–Crippen LogP) is 3.08. The van der Waals surface area contributed by atoms with Crippen molar-refractivity contribution in [2.75, 3.05) is 31.6 Å². The minimum Gasteiger partial charge on any atom is -0.462 e. The summed E-state index contributed by atoms with van der Waals surface area (Å²) in [5, 5.41) is 3.66. The van der Waals surface area contributed by atoms with Crippen LogP contribution < -0.4 is 5.32 Å². The van der Waals surface area contributed by atoms with Gasteiger partial charge in [-0.05, 0) is 63.6 Å². The van der Waals surface area contributed by atoms with E-state index in [1.807, 2.05) is 6.92 Å². The monoisotopic (exact) mass is 350 g/mol. The fourth-order valence-corrected chi connectivity index (χ4v) is 4.98. The minimum atomic E-state index is -0.305. The number of hydrogen-bond donors (Lipinski definition) is 1. The first-order valence-corrected chi connectivity index (χ1v) is 9.74. The summed E-state index contributed by atoms with van der Waals surface area (Å²) in [4.78, 5) is 28.2. The number of ether oxygens (including phenoxy) is 1. The molecule has 0 aromatic carbocycles. The number of nitrogens with zero attached hydrogens (tertiary/aromatic N) is 1. The minimum absolute atomic E-state index is 0.0332. The first kappa shape index (κ1) is 17.4. The van der Waals surface area contributed by atoms with Gasteiger partial charge in [0.1, 0.15) is 5.00 Å². The van der Waals surface area contributed by atoms with Crippen LogP contribution in [0.25, 0.3) is 0 Å². The maximum atomic E-state index is 12.4. The molecule has 6 heteroatoms. The van der Waals surface area contributed by atoms with Crippen molar-refractivity contribution in [3.05, 3.63) is 16.0 Å². The molecule has 1 amide bonds. The van der Waals surface area contributed by atoms with Crippen LogP contribution in [0.1, 0.15) is 53.9 Å². The molecule has 0 bridgehead atoms. The van der Waals surface area contributed by atoms with E-state index in [0.29, 0.717) is 29.6 Å². The largest absolute Gasteiger partial charge is 0.462 e. The third kappa shape index (κ3) is 3.81. The van der Waals surface area contributed by atoms with Gasteiger partial charge in [-0.2, -0.15) is 0 Å². The van der Waals surface area contributed by atoms with Crippen molar-refractivity contribution >= 4 is 28.2 Å². The van der Waals surface area contributed by atoms with Crippen molar-refractivity contribution in [3.8, 4) is 0 Å². The van der Waals surface area contributed by atoms with Gasteiger partial charge < -0.3 is 10.1 Å². The third-order valence-corrected chi connectivity index (χ3v) is 5.98. The van der Waals surface area contributed by atoms with Gasteiger partial charge in [0.15, 0.2) is 0 Å². The molecule has 2 aliphatic rings. The highest BCUT2D eigenvalue weighted by molar-refractivity contribution is 7.17. The van der Waals surface area contributed by atoms with Crippen LogP contribution in [0, 0.1) is 5.92 Å². The molecule has 0 spiro atoms. The number of carbonyl (C=O) groups is 2. The van der Waals surface area contributed by atoms with E-state index in [-0.39, 0.29) is 11.9 Å². The van der Waals surface area contributed by atoms with E-state index < -0.39 is 0 Å². The molecule has 2 heterocycles. The number of anilines is 1. The van der Waals surface area contributed by atoms with Gasteiger partial charge in [0.2, 0.25) is 5.91 Å². The molecule has 24 heavy (non-hydrogen) atoms. The third-order valence-electron chi connectivity index (χ3n) is 4.81. The van der Waals surface area contributed by atoms with Crippen LogP contribution in [0.15, 0.2) is 0 Å². The number of likely N-dealkylation sites (tertiary alicyclic amines) is 1. The topological polar surface area (TPSA) is 58.6 Å². The maximum absolute atomic E-state index is 12.4. The molecule has 1 aliphatic heterocycles. The van der Waals surface area contributed by atoms with Crippen molar-refractivity contribution < 1.29 is 14.3 Å². The lowest BCUT2D eigenvalue weighted by molar-refractivity contribution is -0.117. The molecule has 132 valence electrons. The average molecular weight is 350 g/mol. The van der Waals surface area contributed by atoms with E-state index in [9.17, 15) is 9.59 Å². The van der Waals surface area contributed by atoms with Gasteiger partial charge in [-0.25, -0.2) is 4.79 Å². The summed E-state index contributed by atoms with van der Waals surface area (Å²) in [5.74, 6) is 0.287. The van der Waals surface area contributed by atoms with Crippen molar-refractivity contribution in [1.82, 2.24) is 4.90 Å². The predicted molar refractivity (Wildman–Crippen MR) is 95.8 cm³/mol. The number of rotatable bonds is 5. The van der Waals surface area contributed by atoms with E-state index >= 15 is 0 Å². The molecule has 1 N–H and O–H groups in total. The lowest BCUT2D eigenvalue weighted by Crippen LogP contribution is -2.31. The molecule has 0 radical (unpaired) electrons. The van der Waals surface area contributed by atoms with E-state index in [1.165, 1.54) is 4.88 Å². The molecule has 1 aliphatic carbocycles. The highest BCUT2D eigenvalue weighted by Gasteiger charge is 2.29. The van der Waals surface area contributed by atoms with E-state index in [0.717, 1.165) is 50.8 Å². The van der Waals surface area contributed by atoms with E-state index in [1.54, 1.807) is 11.3 Å². The smallest absolute Gasteiger partial charge is 0.341 e. The first-order valence-electron chi connectivity index (χ1n) is 8.92. The molecule has 5 nitrogen and oxygen atoms in total. The van der Waals surface area contributed by atoms with Gasteiger partial charge in [-0.3, -0.25) is 9.69 Å². The first-order chi connectivity index (χ1) is 11.6. The number of hydrogen-bond acceptors (Lipinski definition) is 5. The molecule has 1 aromatic heterocycles. The van der Waals surface area contributed by atoms with Crippen molar-refractivity contribution in [2.24, 2.45) is 5.92 Å². The molecule has 3 rings (SSSR count). The van der Waals surface area contributed by atoms with Gasteiger partial charge in [0.25, 0.3) is 0 Å². The Morgan fingerprint density at radius 2 is 2.08 bits per heavy atom. The summed E-state index contributed by atoms with van der Waals surface area (Å²) in [6.07, 6.45) is 5.27. The second kappa shape index (κ2) is 7.66. The zero-order valence-electron chi connectivity index (χ0n) is 14.5. The average Bonchev–Trinajstić information content (AvgIpc) is 3.14. The van der Waals surface area contributed by atoms with Crippen molar-refractivity contribution in [2.45, 2.75) is 46.0 Å². The number of carbonyl (C=O) groups excluding carboxylic acids is 2. The van der Waals surface area contributed by atoms with Crippen LogP contribution in [-0.4, -0.2) is 43.0 Å². The van der Waals surface area contributed by atoms with Gasteiger partial charge >= 0.3 is 5.97 Å². The molecule has 1 fully saturated rings. The Bertz CT molecular complexity index is 620. The van der Waals surface area contributed by atoms with Gasteiger partial charge in [-0.15, -0.1) is 11.3 Å². The molecule has 1 aromatic rings. The molecule has 1 saturated heterocycles. The number of nitrogens with one attached hydrogen (secondary N) is 1. The Labute approximate surface area is 147 Å². The fourth-order valence-electron chi connectivity index (χ4n) is 3.57. The standard InChI is InChI=1S/C18H26N2O3S/c1-3-23-18(22)16-13-7-6-12(2)10-14(13)24-17(16)19-15(21)11-20-8-4-5-9-20/h12H,3-11H2,1-2H3,(H,19,21)/t12-/m1/s1. The Balaban J connectivity index is 1.80. The van der Waals surface area contributed by atoms with Crippen LogP contribution in [0.3, 0.4) is 0 Å². The zero-order chi connectivity index (χ0) is 17.1. The highest BCUT2D eigenvalue weighted by Crippen LogP contribution is 2.40. The normalized spacial score (nSPS) is 20.7. The van der Waals surface area contributed by atoms with E-state index in [2.05, 4.69) is 17.1 Å². The number of thiophene rings is 1. The maximum Gasteiger partial charge on any atom is 0.341 e. The molecule has 0 saturated carbocycles. The van der Waals surface area contributed by atoms with Gasteiger partial charge in [-0.1, -0.05) is 6.92 Å². The SMILES string of the molecule is CCOC(=O)c1c(NC(=O)CN2CCCC2)sc2c1CC[C@@H](C)C2. The lowest BCUT2D eigenvalue weighted by Gasteiger charge is -2.18. The number of fused-ring (bicyclic) bond motifs is 1. The Hall–Kier alpha value is -1.40. The summed E-state index contributed by atoms with van der Waals surface area (Å²) in [5.41, 5.74) is 1.69. The Morgan fingerprint density at radius 1 is 1.33 bits per heavy atom. The lowest BCUT2D eigenvalue weighted by atomic mass is 9.88. The zero-order valence-corrected chi connectivity index (χ0v) is 15.3. The quantitative estimate of drug-likeness (QED) is 0.829. The summed E-state index contributed by atoms with van der Waals surface area (Å²) in [6.45, 7) is 6.76.